The number of aliphatic hydroxyl groups is 1. The average molecular weight is 263 g/mol. The lowest BCUT2D eigenvalue weighted by molar-refractivity contribution is 0.101. The highest BCUT2D eigenvalue weighted by molar-refractivity contribution is 5.36. The van der Waals surface area contributed by atoms with Gasteiger partial charge in [0.25, 0.3) is 0 Å². The van der Waals surface area contributed by atoms with Crippen LogP contribution in [-0.2, 0) is 0 Å². The third-order valence-electron chi connectivity index (χ3n) is 4.09. The van der Waals surface area contributed by atoms with E-state index in [1.807, 2.05) is 13.0 Å². The quantitative estimate of drug-likeness (QED) is 0.828. The average Bonchev–Trinajstić information content (AvgIpc) is 2.31. The fourth-order valence-corrected chi connectivity index (χ4v) is 2.65. The van der Waals surface area contributed by atoms with Crippen molar-refractivity contribution in [3.63, 3.8) is 0 Å². The van der Waals surface area contributed by atoms with Crippen LogP contribution in [0.5, 0.6) is 0 Å². The molecule has 2 N–H and O–H groups in total. The van der Waals surface area contributed by atoms with E-state index in [1.165, 1.54) is 19.3 Å². The third-order valence-corrected chi connectivity index (χ3v) is 4.09. The molecule has 0 aliphatic heterocycles. The molecule has 1 aromatic rings. The van der Waals surface area contributed by atoms with Gasteiger partial charge in [-0.3, -0.25) is 0 Å². The molecule has 0 saturated heterocycles. The van der Waals surface area contributed by atoms with Gasteiger partial charge in [0, 0.05) is 30.8 Å². The normalized spacial score (nSPS) is 17.3. The fourth-order valence-electron chi connectivity index (χ4n) is 2.65. The monoisotopic (exact) mass is 263 g/mol. The number of rotatable bonds is 6. The van der Waals surface area contributed by atoms with E-state index in [-0.39, 0.29) is 12.0 Å². The molecular weight excluding hydrogens is 238 g/mol. The van der Waals surface area contributed by atoms with Crippen molar-refractivity contribution in [2.75, 3.05) is 18.5 Å². The molecule has 2 rings (SSSR count). The van der Waals surface area contributed by atoms with Crippen molar-refractivity contribution < 1.29 is 5.11 Å². The Labute approximate surface area is 115 Å². The van der Waals surface area contributed by atoms with Gasteiger partial charge in [-0.2, -0.15) is 0 Å². The van der Waals surface area contributed by atoms with Gasteiger partial charge in [-0.15, -0.1) is 0 Å². The number of aromatic nitrogens is 2. The Kier molecular flexibility index (Phi) is 4.40. The van der Waals surface area contributed by atoms with Crippen molar-refractivity contribution in [1.82, 2.24) is 9.97 Å². The number of aryl methyl sites for hydroxylation is 1. The van der Waals surface area contributed by atoms with Crippen LogP contribution in [0.3, 0.4) is 0 Å². The number of nitrogens with zero attached hydrogens (tertiary/aromatic N) is 2. The molecule has 1 fully saturated rings. The van der Waals surface area contributed by atoms with Gasteiger partial charge in [-0.25, -0.2) is 9.97 Å². The molecule has 0 radical (unpaired) electrons. The van der Waals surface area contributed by atoms with Gasteiger partial charge < -0.3 is 10.4 Å². The topological polar surface area (TPSA) is 58.0 Å². The minimum absolute atomic E-state index is 0.279. The summed E-state index contributed by atoms with van der Waals surface area (Å²) in [6.45, 7) is 7.41. The van der Waals surface area contributed by atoms with Crippen LogP contribution < -0.4 is 5.32 Å². The summed E-state index contributed by atoms with van der Waals surface area (Å²) in [6, 6.07) is 2.00. The zero-order valence-electron chi connectivity index (χ0n) is 12.2. The maximum absolute atomic E-state index is 9.17. The highest BCUT2D eigenvalue weighted by Gasteiger charge is 2.36. The Morgan fingerprint density at radius 3 is 2.63 bits per heavy atom. The zero-order chi connectivity index (χ0) is 13.9. The molecule has 1 aliphatic carbocycles. The molecule has 4 nitrogen and oxygen atoms in total. The van der Waals surface area contributed by atoms with Crippen LogP contribution in [0.15, 0.2) is 6.07 Å². The summed E-state index contributed by atoms with van der Waals surface area (Å²) in [4.78, 5) is 9.03. The molecule has 0 aromatic carbocycles. The van der Waals surface area contributed by atoms with Crippen LogP contribution in [0.1, 0.15) is 57.0 Å². The predicted molar refractivity (Wildman–Crippen MR) is 77.3 cm³/mol. The molecule has 0 unspecified atom stereocenters. The molecule has 19 heavy (non-hydrogen) atoms. The largest absolute Gasteiger partial charge is 0.396 e. The Balaban J connectivity index is 2.02. The lowest BCUT2D eigenvalue weighted by atomic mass is 9.67. The summed E-state index contributed by atoms with van der Waals surface area (Å²) in [5, 5.41) is 12.6. The van der Waals surface area contributed by atoms with Crippen LogP contribution >= 0.6 is 0 Å². The lowest BCUT2D eigenvalue weighted by Crippen LogP contribution is -2.37. The van der Waals surface area contributed by atoms with Crippen LogP contribution in [0, 0.1) is 12.3 Å². The highest BCUT2D eigenvalue weighted by atomic mass is 16.3. The van der Waals surface area contributed by atoms with Crippen molar-refractivity contribution in [3.8, 4) is 0 Å². The fraction of sp³-hybridized carbons (Fsp3) is 0.733. The number of anilines is 1. The molecule has 0 bridgehead atoms. The van der Waals surface area contributed by atoms with E-state index in [0.717, 1.165) is 30.3 Å². The van der Waals surface area contributed by atoms with E-state index >= 15 is 0 Å². The second-order valence-electron chi connectivity index (χ2n) is 6.09. The Bertz CT molecular complexity index is 427. The van der Waals surface area contributed by atoms with Gasteiger partial charge in [0.15, 0.2) is 0 Å². The van der Waals surface area contributed by atoms with Crippen molar-refractivity contribution in [2.24, 2.45) is 5.41 Å². The molecule has 1 aliphatic rings. The van der Waals surface area contributed by atoms with E-state index < -0.39 is 0 Å². The van der Waals surface area contributed by atoms with Crippen molar-refractivity contribution >= 4 is 5.82 Å². The second kappa shape index (κ2) is 5.87. The Morgan fingerprint density at radius 2 is 2.11 bits per heavy atom. The summed E-state index contributed by atoms with van der Waals surface area (Å²) < 4.78 is 0. The minimum atomic E-state index is 0.279. The van der Waals surface area contributed by atoms with Gasteiger partial charge in [-0.1, -0.05) is 20.3 Å². The summed E-state index contributed by atoms with van der Waals surface area (Å²) in [7, 11) is 0. The van der Waals surface area contributed by atoms with E-state index in [1.54, 1.807) is 0 Å². The standard InChI is InChI=1S/C15H25N3O/c1-11(2)14-17-12(3)9-13(18-14)16-10-15(7-8-19)5-4-6-15/h9,11,19H,4-8,10H2,1-3H3,(H,16,17,18). The maximum atomic E-state index is 9.17. The highest BCUT2D eigenvalue weighted by Crippen LogP contribution is 2.43. The number of hydrogen-bond donors (Lipinski definition) is 2. The molecule has 0 spiro atoms. The van der Waals surface area contributed by atoms with Gasteiger partial charge in [0.2, 0.25) is 0 Å². The van der Waals surface area contributed by atoms with Gasteiger partial charge in [-0.05, 0) is 31.6 Å². The molecule has 1 saturated carbocycles. The molecule has 4 heteroatoms. The summed E-state index contributed by atoms with van der Waals surface area (Å²) in [5.41, 5.74) is 1.29. The van der Waals surface area contributed by atoms with E-state index in [4.69, 9.17) is 0 Å². The van der Waals surface area contributed by atoms with E-state index in [0.29, 0.717) is 5.92 Å². The van der Waals surface area contributed by atoms with E-state index in [2.05, 4.69) is 29.1 Å². The molecule has 1 aromatic heterocycles. The summed E-state index contributed by atoms with van der Waals surface area (Å²) in [6.07, 6.45) is 4.59. The van der Waals surface area contributed by atoms with Crippen LogP contribution in [0.25, 0.3) is 0 Å². The van der Waals surface area contributed by atoms with Gasteiger partial charge in [0.05, 0.1) is 0 Å². The SMILES string of the molecule is Cc1cc(NCC2(CCO)CCC2)nc(C(C)C)n1. The minimum Gasteiger partial charge on any atom is -0.396 e. The lowest BCUT2D eigenvalue weighted by Gasteiger charge is -2.42. The maximum Gasteiger partial charge on any atom is 0.133 e. The predicted octanol–water partition coefficient (Wildman–Crippen LogP) is 2.87. The Morgan fingerprint density at radius 1 is 1.37 bits per heavy atom. The number of aliphatic hydroxyl groups excluding tert-OH is 1. The molecule has 0 amide bonds. The smallest absolute Gasteiger partial charge is 0.133 e. The van der Waals surface area contributed by atoms with Crippen LogP contribution in [0.2, 0.25) is 0 Å². The van der Waals surface area contributed by atoms with Gasteiger partial charge >= 0.3 is 0 Å². The number of nitrogens with one attached hydrogen (secondary N) is 1. The first-order valence-corrected chi connectivity index (χ1v) is 7.25. The first-order valence-electron chi connectivity index (χ1n) is 7.25. The first kappa shape index (κ1) is 14.3. The van der Waals surface area contributed by atoms with Crippen molar-refractivity contribution in [1.29, 1.82) is 0 Å². The molecular formula is C15H25N3O. The molecule has 0 atom stereocenters. The Hall–Kier alpha value is -1.16. The number of hydrogen-bond acceptors (Lipinski definition) is 4. The van der Waals surface area contributed by atoms with Gasteiger partial charge in [0.1, 0.15) is 11.6 Å². The third kappa shape index (κ3) is 3.44. The summed E-state index contributed by atoms with van der Waals surface area (Å²) >= 11 is 0. The van der Waals surface area contributed by atoms with Crippen molar-refractivity contribution in [3.05, 3.63) is 17.6 Å². The second-order valence-corrected chi connectivity index (χ2v) is 6.09. The molecule has 1 heterocycles. The summed E-state index contributed by atoms with van der Waals surface area (Å²) in [5.74, 6) is 2.16. The first-order chi connectivity index (χ1) is 9.04. The zero-order valence-corrected chi connectivity index (χ0v) is 12.2. The van der Waals surface area contributed by atoms with Crippen molar-refractivity contribution in [2.45, 2.75) is 52.4 Å². The molecule has 106 valence electrons. The van der Waals surface area contributed by atoms with Crippen LogP contribution in [-0.4, -0.2) is 28.2 Å². The van der Waals surface area contributed by atoms with Crippen LogP contribution in [0.4, 0.5) is 5.82 Å². The van der Waals surface area contributed by atoms with E-state index in [9.17, 15) is 5.11 Å².